The van der Waals surface area contributed by atoms with E-state index >= 15 is 0 Å². The number of likely N-dealkylation sites (N-methyl/N-ethyl adjacent to an activating group) is 1. The lowest BCUT2D eigenvalue weighted by atomic mass is 9.90. The molecule has 0 unspecified atom stereocenters. The van der Waals surface area contributed by atoms with E-state index in [1.165, 1.54) is 0 Å². The van der Waals surface area contributed by atoms with Gasteiger partial charge in [0.2, 0.25) is 0 Å². The van der Waals surface area contributed by atoms with Gasteiger partial charge in [-0.3, -0.25) is 9.69 Å². The van der Waals surface area contributed by atoms with Crippen molar-refractivity contribution in [2.75, 3.05) is 27.3 Å². The second-order valence-electron chi connectivity index (χ2n) is 5.13. The normalized spacial score (nSPS) is 11.6. The number of hydrogen-bond donors (Lipinski definition) is 0. The highest BCUT2D eigenvalue weighted by Crippen LogP contribution is 2.29. The Balaban J connectivity index is 3.25. The van der Waals surface area contributed by atoms with Gasteiger partial charge in [0.25, 0.3) is 0 Å². The van der Waals surface area contributed by atoms with Crippen LogP contribution < -0.4 is 9.47 Å². The second-order valence-corrected chi connectivity index (χ2v) is 5.13. The number of nitrogens with zero attached hydrogens (tertiary/aromatic N) is 1. The van der Waals surface area contributed by atoms with Crippen LogP contribution in [0.3, 0.4) is 0 Å². The highest BCUT2D eigenvalue weighted by molar-refractivity contribution is 6.05. The summed E-state index contributed by atoms with van der Waals surface area (Å²) in [6, 6.07) is 5.30. The third-order valence-corrected chi connectivity index (χ3v) is 3.76. The molecule has 1 rings (SSSR count). The zero-order valence-electron chi connectivity index (χ0n) is 13.3. The van der Waals surface area contributed by atoms with Crippen molar-refractivity contribution in [3.63, 3.8) is 0 Å². The average Bonchev–Trinajstić information content (AvgIpc) is 2.46. The summed E-state index contributed by atoms with van der Waals surface area (Å²) in [5.41, 5.74) is -0.0212. The van der Waals surface area contributed by atoms with Crippen LogP contribution in [0.4, 0.5) is 0 Å². The molecular formula is C16H25NO3. The van der Waals surface area contributed by atoms with Crippen molar-refractivity contribution < 1.29 is 14.3 Å². The Bertz CT molecular complexity index is 465. The zero-order valence-corrected chi connectivity index (χ0v) is 13.3. The number of methoxy groups -OCH3 is 2. The molecule has 0 saturated heterocycles. The first-order chi connectivity index (χ1) is 9.42. The van der Waals surface area contributed by atoms with Crippen LogP contribution in [-0.4, -0.2) is 43.5 Å². The fraction of sp³-hybridized carbons (Fsp3) is 0.562. The fourth-order valence-electron chi connectivity index (χ4n) is 2.48. The Kier molecular flexibility index (Phi) is 5.57. The molecule has 0 amide bonds. The van der Waals surface area contributed by atoms with Crippen LogP contribution in [0.25, 0.3) is 0 Å². The topological polar surface area (TPSA) is 38.8 Å². The van der Waals surface area contributed by atoms with Gasteiger partial charge in [0.15, 0.2) is 5.78 Å². The third kappa shape index (κ3) is 3.12. The third-order valence-electron chi connectivity index (χ3n) is 3.76. The van der Waals surface area contributed by atoms with Gasteiger partial charge < -0.3 is 9.47 Å². The zero-order chi connectivity index (χ0) is 15.3. The molecule has 1 aromatic carbocycles. The van der Waals surface area contributed by atoms with E-state index < -0.39 is 5.54 Å². The van der Waals surface area contributed by atoms with Crippen LogP contribution in [0, 0.1) is 0 Å². The van der Waals surface area contributed by atoms with Crippen molar-refractivity contribution in [3.05, 3.63) is 23.8 Å². The number of ketones is 1. The van der Waals surface area contributed by atoms with Gasteiger partial charge >= 0.3 is 0 Å². The molecule has 0 spiro atoms. The van der Waals surface area contributed by atoms with Gasteiger partial charge in [-0.1, -0.05) is 13.8 Å². The monoisotopic (exact) mass is 279 g/mol. The summed E-state index contributed by atoms with van der Waals surface area (Å²) < 4.78 is 10.5. The van der Waals surface area contributed by atoms with Crippen LogP contribution >= 0.6 is 0 Å². The van der Waals surface area contributed by atoms with Gasteiger partial charge in [0.1, 0.15) is 11.5 Å². The quantitative estimate of drug-likeness (QED) is 0.719. The van der Waals surface area contributed by atoms with Crippen LogP contribution in [0.5, 0.6) is 11.5 Å². The van der Waals surface area contributed by atoms with Crippen LogP contribution in [-0.2, 0) is 0 Å². The van der Waals surface area contributed by atoms with Crippen molar-refractivity contribution in [3.8, 4) is 11.5 Å². The van der Waals surface area contributed by atoms with Crippen molar-refractivity contribution in [1.29, 1.82) is 0 Å². The molecule has 20 heavy (non-hydrogen) atoms. The van der Waals surface area contributed by atoms with E-state index in [0.717, 1.165) is 13.1 Å². The summed E-state index contributed by atoms with van der Waals surface area (Å²) in [6.07, 6.45) is 0. The smallest absolute Gasteiger partial charge is 0.186 e. The number of carbonyl (C=O) groups is 1. The molecule has 1 aromatic rings. The van der Waals surface area contributed by atoms with Crippen LogP contribution in [0.15, 0.2) is 18.2 Å². The highest BCUT2D eigenvalue weighted by Gasteiger charge is 2.35. The predicted octanol–water partition coefficient (Wildman–Crippen LogP) is 3.01. The molecule has 0 atom stereocenters. The van der Waals surface area contributed by atoms with Crippen LogP contribution in [0.1, 0.15) is 38.1 Å². The minimum Gasteiger partial charge on any atom is -0.497 e. The summed E-state index contributed by atoms with van der Waals surface area (Å²) in [4.78, 5) is 15.0. The molecule has 0 radical (unpaired) electrons. The molecule has 0 aliphatic carbocycles. The molecule has 112 valence electrons. The van der Waals surface area contributed by atoms with Crippen LogP contribution in [0.2, 0.25) is 0 Å². The van der Waals surface area contributed by atoms with Gasteiger partial charge in [-0.25, -0.2) is 0 Å². The lowest BCUT2D eigenvalue weighted by molar-refractivity contribution is 0.0665. The standard InChI is InChI=1S/C16H25NO3/c1-7-17(8-2)16(3,4)15(18)13-11-12(19-5)9-10-14(13)20-6/h9-11H,7-8H2,1-6H3. The molecule has 4 nitrogen and oxygen atoms in total. The summed E-state index contributed by atoms with van der Waals surface area (Å²) in [7, 11) is 3.16. The van der Waals surface area contributed by atoms with Gasteiger partial charge in [0.05, 0.1) is 25.3 Å². The molecule has 0 aliphatic heterocycles. The first-order valence-electron chi connectivity index (χ1n) is 6.94. The minimum absolute atomic E-state index is 0.0388. The number of rotatable bonds is 7. The molecule has 0 aliphatic rings. The maximum Gasteiger partial charge on any atom is 0.186 e. The maximum absolute atomic E-state index is 12.9. The minimum atomic E-state index is -0.580. The summed E-state index contributed by atoms with van der Waals surface area (Å²) in [6.45, 7) is 9.65. The fourth-order valence-corrected chi connectivity index (χ4v) is 2.48. The lowest BCUT2D eigenvalue weighted by Gasteiger charge is -2.36. The van der Waals surface area contributed by atoms with Crippen molar-refractivity contribution in [1.82, 2.24) is 4.90 Å². The summed E-state index contributed by atoms with van der Waals surface area (Å²) in [5.74, 6) is 1.28. The molecule has 0 bridgehead atoms. The Morgan fingerprint density at radius 3 is 2.20 bits per heavy atom. The Labute approximate surface area is 121 Å². The Hall–Kier alpha value is -1.55. The maximum atomic E-state index is 12.9. The Morgan fingerprint density at radius 2 is 1.75 bits per heavy atom. The van der Waals surface area contributed by atoms with E-state index in [9.17, 15) is 4.79 Å². The van der Waals surface area contributed by atoms with Gasteiger partial charge in [0, 0.05) is 0 Å². The van der Waals surface area contributed by atoms with E-state index in [-0.39, 0.29) is 5.78 Å². The van der Waals surface area contributed by atoms with Gasteiger partial charge in [-0.15, -0.1) is 0 Å². The van der Waals surface area contributed by atoms with Crippen molar-refractivity contribution in [2.45, 2.75) is 33.2 Å². The summed E-state index contributed by atoms with van der Waals surface area (Å²) in [5, 5.41) is 0. The molecule has 0 fully saturated rings. The first kappa shape index (κ1) is 16.5. The van der Waals surface area contributed by atoms with Crippen molar-refractivity contribution in [2.24, 2.45) is 0 Å². The average molecular weight is 279 g/mol. The van der Waals surface area contributed by atoms with Gasteiger partial charge in [-0.2, -0.15) is 0 Å². The lowest BCUT2D eigenvalue weighted by Crippen LogP contribution is -2.50. The second kappa shape index (κ2) is 6.75. The van der Waals surface area contributed by atoms with Gasteiger partial charge in [-0.05, 0) is 45.1 Å². The SMILES string of the molecule is CCN(CC)C(C)(C)C(=O)c1cc(OC)ccc1OC. The number of hydrogen-bond acceptors (Lipinski definition) is 4. The van der Waals surface area contributed by atoms with E-state index in [2.05, 4.69) is 18.7 Å². The first-order valence-corrected chi connectivity index (χ1v) is 6.94. The van der Waals surface area contributed by atoms with E-state index in [4.69, 9.17) is 9.47 Å². The molecule has 0 aromatic heterocycles. The molecular weight excluding hydrogens is 254 g/mol. The van der Waals surface area contributed by atoms with E-state index in [1.54, 1.807) is 32.4 Å². The number of benzene rings is 1. The van der Waals surface area contributed by atoms with E-state index in [1.807, 2.05) is 13.8 Å². The molecule has 0 saturated carbocycles. The molecule has 0 N–H and O–H groups in total. The van der Waals surface area contributed by atoms with Crippen molar-refractivity contribution >= 4 is 5.78 Å². The number of Topliss-reactive ketones (excluding diaryl/α,β-unsaturated/α-hetero) is 1. The summed E-state index contributed by atoms with van der Waals surface area (Å²) >= 11 is 0. The molecule has 0 heterocycles. The number of ether oxygens (including phenoxy) is 2. The Morgan fingerprint density at radius 1 is 1.15 bits per heavy atom. The van der Waals surface area contributed by atoms with E-state index in [0.29, 0.717) is 17.1 Å². The number of carbonyl (C=O) groups excluding carboxylic acids is 1. The molecule has 4 heteroatoms. The largest absolute Gasteiger partial charge is 0.497 e. The highest BCUT2D eigenvalue weighted by atomic mass is 16.5. The predicted molar refractivity (Wildman–Crippen MR) is 80.9 cm³/mol.